The number of morpholine rings is 1. The number of nitrogens with zero attached hydrogens (tertiary/aromatic N) is 1. The van der Waals surface area contributed by atoms with Gasteiger partial charge in [-0.1, -0.05) is 18.2 Å². The summed E-state index contributed by atoms with van der Waals surface area (Å²) in [4.78, 5) is 30.2. The van der Waals surface area contributed by atoms with Crippen molar-refractivity contribution in [3.05, 3.63) is 36.0 Å². The number of amides is 1. The molecule has 2 fully saturated rings. The molecular formula is C21H26N2O5. The molecular weight excluding hydrogens is 360 g/mol. The highest BCUT2D eigenvalue weighted by Crippen LogP contribution is 2.32. The van der Waals surface area contributed by atoms with Crippen LogP contribution in [0.1, 0.15) is 44.0 Å². The maximum absolute atomic E-state index is 12.7. The third-order valence-corrected chi connectivity index (χ3v) is 5.16. The van der Waals surface area contributed by atoms with Crippen molar-refractivity contribution in [3.63, 3.8) is 0 Å². The summed E-state index contributed by atoms with van der Waals surface area (Å²) >= 11 is 0. The van der Waals surface area contributed by atoms with E-state index >= 15 is 0 Å². The van der Waals surface area contributed by atoms with Crippen molar-refractivity contribution in [1.82, 2.24) is 9.88 Å². The number of fused-ring (bicyclic) bond motifs is 3. The molecule has 0 spiro atoms. The number of hydrogen-bond acceptors (Lipinski definition) is 5. The van der Waals surface area contributed by atoms with Gasteiger partial charge in [0.15, 0.2) is 0 Å². The molecule has 1 amide bonds. The van der Waals surface area contributed by atoms with Crippen LogP contribution in [0.5, 0.6) is 0 Å². The lowest BCUT2D eigenvalue weighted by molar-refractivity contribution is -0.106. The number of ether oxygens (including phenoxy) is 3. The summed E-state index contributed by atoms with van der Waals surface area (Å²) in [6.45, 7) is 6.42. The lowest BCUT2D eigenvalue weighted by atomic mass is 9.92. The molecule has 7 heteroatoms. The molecule has 28 heavy (non-hydrogen) atoms. The molecule has 2 unspecified atom stereocenters. The number of esters is 1. The second-order valence-electron chi connectivity index (χ2n) is 8.48. The lowest BCUT2D eigenvalue weighted by Gasteiger charge is -2.47. The molecule has 150 valence electrons. The van der Waals surface area contributed by atoms with Crippen LogP contribution < -0.4 is 0 Å². The normalized spacial score (nSPS) is 24.8. The van der Waals surface area contributed by atoms with Crippen molar-refractivity contribution in [2.24, 2.45) is 0 Å². The third-order valence-electron chi connectivity index (χ3n) is 5.16. The van der Waals surface area contributed by atoms with E-state index in [4.69, 9.17) is 14.2 Å². The molecule has 3 atom stereocenters. The first-order valence-electron chi connectivity index (χ1n) is 9.68. The van der Waals surface area contributed by atoms with E-state index in [9.17, 15) is 9.59 Å². The topological polar surface area (TPSA) is 80.9 Å². The summed E-state index contributed by atoms with van der Waals surface area (Å²) in [5, 5.41) is 0.849. The quantitative estimate of drug-likeness (QED) is 0.799. The van der Waals surface area contributed by atoms with Gasteiger partial charge >= 0.3 is 12.1 Å². The molecule has 1 N–H and O–H groups in total. The van der Waals surface area contributed by atoms with Gasteiger partial charge in [-0.2, -0.15) is 0 Å². The van der Waals surface area contributed by atoms with Crippen molar-refractivity contribution < 1.29 is 23.8 Å². The zero-order valence-corrected chi connectivity index (χ0v) is 16.4. The van der Waals surface area contributed by atoms with Crippen LogP contribution in [0.15, 0.2) is 30.5 Å². The average Bonchev–Trinajstić information content (AvgIpc) is 3.03. The van der Waals surface area contributed by atoms with Crippen LogP contribution in [-0.2, 0) is 14.2 Å². The van der Waals surface area contributed by atoms with E-state index in [-0.39, 0.29) is 30.3 Å². The summed E-state index contributed by atoms with van der Waals surface area (Å²) in [5.74, 6) is -0.341. The van der Waals surface area contributed by atoms with E-state index < -0.39 is 5.60 Å². The first-order chi connectivity index (χ1) is 13.3. The Morgan fingerprint density at radius 3 is 2.50 bits per heavy atom. The van der Waals surface area contributed by atoms with Gasteiger partial charge in [-0.15, -0.1) is 0 Å². The summed E-state index contributed by atoms with van der Waals surface area (Å²) < 4.78 is 17.0. The van der Waals surface area contributed by atoms with Crippen LogP contribution in [-0.4, -0.2) is 58.9 Å². The third kappa shape index (κ3) is 3.71. The number of hydrogen-bond donors (Lipinski definition) is 1. The maximum atomic E-state index is 12.7. The Morgan fingerprint density at radius 1 is 1.14 bits per heavy atom. The second kappa shape index (κ2) is 7.13. The minimum absolute atomic E-state index is 0.150. The molecule has 2 aromatic rings. The van der Waals surface area contributed by atoms with Gasteiger partial charge in [-0.3, -0.25) is 4.90 Å². The molecule has 4 rings (SSSR count). The van der Waals surface area contributed by atoms with Crippen molar-refractivity contribution >= 4 is 23.0 Å². The standard InChI is InChI=1S/C21H26N2O5/c1-21(2,3)28-20(25)23-13-8-15(9-14(23)12-26-11-13)27-19(24)17-10-22-18-7-5-4-6-16(17)18/h4-7,10,13-15,22H,8-9,11-12H2,1-3H3/t13-,14?,15?/m0/s1. The van der Waals surface area contributed by atoms with Gasteiger partial charge in [0.2, 0.25) is 0 Å². The molecule has 1 aromatic heterocycles. The Hall–Kier alpha value is -2.54. The Kier molecular flexibility index (Phi) is 4.79. The van der Waals surface area contributed by atoms with Gasteiger partial charge in [0.05, 0.1) is 30.9 Å². The smallest absolute Gasteiger partial charge is 0.410 e. The minimum Gasteiger partial charge on any atom is -0.459 e. The van der Waals surface area contributed by atoms with Crippen molar-refractivity contribution in [3.8, 4) is 0 Å². The van der Waals surface area contributed by atoms with E-state index in [2.05, 4.69) is 4.98 Å². The van der Waals surface area contributed by atoms with Crippen LogP contribution >= 0.6 is 0 Å². The van der Waals surface area contributed by atoms with Crippen molar-refractivity contribution in [2.75, 3.05) is 13.2 Å². The number of carbonyl (C=O) groups is 2. The minimum atomic E-state index is -0.551. The largest absolute Gasteiger partial charge is 0.459 e. The molecule has 0 saturated carbocycles. The lowest BCUT2D eigenvalue weighted by Crippen LogP contribution is -2.61. The number of benzene rings is 1. The molecule has 2 saturated heterocycles. The number of nitrogens with one attached hydrogen (secondary N) is 1. The Morgan fingerprint density at radius 2 is 1.82 bits per heavy atom. The number of aromatic amines is 1. The number of H-pyrrole nitrogens is 1. The van der Waals surface area contributed by atoms with Gasteiger partial charge in [0, 0.05) is 29.9 Å². The number of para-hydroxylation sites is 1. The maximum Gasteiger partial charge on any atom is 0.410 e. The van der Waals surface area contributed by atoms with Gasteiger partial charge < -0.3 is 19.2 Å². The average molecular weight is 386 g/mol. The fourth-order valence-electron chi connectivity index (χ4n) is 4.03. The zero-order chi connectivity index (χ0) is 19.9. The predicted molar refractivity (Wildman–Crippen MR) is 103 cm³/mol. The fourth-order valence-corrected chi connectivity index (χ4v) is 4.03. The van der Waals surface area contributed by atoms with E-state index in [1.807, 2.05) is 45.0 Å². The molecule has 7 nitrogen and oxygen atoms in total. The zero-order valence-electron chi connectivity index (χ0n) is 16.4. The number of aromatic nitrogens is 1. The van der Waals surface area contributed by atoms with E-state index in [0.717, 1.165) is 10.9 Å². The van der Waals surface area contributed by atoms with Gasteiger partial charge in [-0.05, 0) is 26.8 Å². The van der Waals surface area contributed by atoms with Crippen LogP contribution in [0.3, 0.4) is 0 Å². The van der Waals surface area contributed by atoms with E-state index in [1.54, 1.807) is 11.1 Å². The highest BCUT2D eigenvalue weighted by molar-refractivity contribution is 6.04. The van der Waals surface area contributed by atoms with Crippen LogP contribution in [0.4, 0.5) is 4.79 Å². The molecule has 1 aromatic carbocycles. The van der Waals surface area contributed by atoms with Gasteiger partial charge in [0.1, 0.15) is 11.7 Å². The van der Waals surface area contributed by atoms with Crippen LogP contribution in [0.25, 0.3) is 10.9 Å². The summed E-state index contributed by atoms with van der Waals surface area (Å²) in [5.41, 5.74) is 0.885. The number of piperidine rings is 1. The Balaban J connectivity index is 1.45. The van der Waals surface area contributed by atoms with E-state index in [0.29, 0.717) is 31.6 Å². The summed E-state index contributed by atoms with van der Waals surface area (Å²) in [6, 6.07) is 7.34. The Labute approximate surface area is 163 Å². The molecule has 2 bridgehead atoms. The van der Waals surface area contributed by atoms with Gasteiger partial charge in [0.25, 0.3) is 0 Å². The van der Waals surface area contributed by atoms with Crippen LogP contribution in [0, 0.1) is 0 Å². The molecule has 0 aliphatic carbocycles. The summed E-state index contributed by atoms with van der Waals surface area (Å²) in [6.07, 6.45) is 2.20. The van der Waals surface area contributed by atoms with E-state index in [1.165, 1.54) is 0 Å². The monoisotopic (exact) mass is 386 g/mol. The molecule has 3 heterocycles. The highest BCUT2D eigenvalue weighted by atomic mass is 16.6. The first kappa shape index (κ1) is 18.8. The van der Waals surface area contributed by atoms with Gasteiger partial charge in [-0.25, -0.2) is 9.59 Å². The number of rotatable bonds is 2. The molecule has 0 radical (unpaired) electrons. The number of carbonyl (C=O) groups excluding carboxylic acids is 2. The first-order valence-corrected chi connectivity index (χ1v) is 9.68. The van der Waals surface area contributed by atoms with Crippen LogP contribution in [0.2, 0.25) is 0 Å². The fraction of sp³-hybridized carbons (Fsp3) is 0.524. The Bertz CT molecular complexity index is 870. The predicted octanol–water partition coefficient (Wildman–Crippen LogP) is 3.49. The van der Waals surface area contributed by atoms with Crippen molar-refractivity contribution in [2.45, 2.75) is 57.4 Å². The molecule has 2 aliphatic heterocycles. The molecule has 2 aliphatic rings. The SMILES string of the molecule is CC(C)(C)OC(=O)N1C2COC[C@@H]1CC(OC(=O)c1c[nH]c3ccccc13)C2. The summed E-state index contributed by atoms with van der Waals surface area (Å²) in [7, 11) is 0. The second-order valence-corrected chi connectivity index (χ2v) is 8.48. The van der Waals surface area contributed by atoms with Crippen molar-refractivity contribution in [1.29, 1.82) is 0 Å². The highest BCUT2D eigenvalue weighted by Gasteiger charge is 2.44.